The van der Waals surface area contributed by atoms with E-state index in [9.17, 15) is 14.7 Å². The number of anilines is 1. The molecule has 0 aliphatic carbocycles. The van der Waals surface area contributed by atoms with Gasteiger partial charge in [-0.2, -0.15) is 5.10 Å². The molecule has 0 atom stereocenters. The van der Waals surface area contributed by atoms with Crippen LogP contribution < -0.4 is 16.5 Å². The average molecular weight is 420 g/mol. The van der Waals surface area contributed by atoms with Crippen LogP contribution in [0.4, 0.5) is 5.69 Å². The number of nitrogens with zero attached hydrogens (tertiary/aromatic N) is 1. The van der Waals surface area contributed by atoms with E-state index in [1.54, 1.807) is 6.21 Å². The minimum atomic E-state index is -0.442. The van der Waals surface area contributed by atoms with Gasteiger partial charge in [0.2, 0.25) is 5.91 Å². The summed E-state index contributed by atoms with van der Waals surface area (Å²) in [7, 11) is 0. The van der Waals surface area contributed by atoms with Gasteiger partial charge in [-0.05, 0) is 41.5 Å². The highest BCUT2D eigenvalue weighted by atomic mass is 16.5. The van der Waals surface area contributed by atoms with Crippen molar-refractivity contribution in [3.05, 3.63) is 71.3 Å². The molecule has 3 rings (SSSR count). The fourth-order valence-corrected chi connectivity index (χ4v) is 3.06. The Labute approximate surface area is 179 Å². The number of likely N-dealkylation sites (N-methyl/N-ethyl adjacent to an activating group) is 1. The third kappa shape index (κ3) is 5.58. The van der Waals surface area contributed by atoms with Crippen LogP contribution in [0, 0.1) is 0 Å². The van der Waals surface area contributed by atoms with Crippen molar-refractivity contribution in [2.75, 3.05) is 18.9 Å². The predicted octanol–water partition coefficient (Wildman–Crippen LogP) is 2.54. The van der Waals surface area contributed by atoms with Crippen LogP contribution in [-0.2, 0) is 16.1 Å². The summed E-state index contributed by atoms with van der Waals surface area (Å²) in [5, 5.41) is 18.1. The van der Waals surface area contributed by atoms with Gasteiger partial charge in [0.25, 0.3) is 5.91 Å². The molecule has 0 spiro atoms. The maximum absolute atomic E-state index is 12.2. The van der Waals surface area contributed by atoms with E-state index in [1.165, 1.54) is 18.2 Å². The van der Waals surface area contributed by atoms with Gasteiger partial charge in [0.15, 0.2) is 0 Å². The van der Waals surface area contributed by atoms with Crippen LogP contribution in [0.2, 0.25) is 0 Å². The number of benzene rings is 3. The smallest absolute Gasteiger partial charge is 0.271 e. The Bertz CT molecular complexity index is 1130. The van der Waals surface area contributed by atoms with E-state index >= 15 is 0 Å². The number of hydrazone groups is 1. The number of aromatic hydroxyl groups is 1. The summed E-state index contributed by atoms with van der Waals surface area (Å²) >= 11 is 0. The van der Waals surface area contributed by atoms with Crippen LogP contribution in [0.3, 0.4) is 0 Å². The number of carbonyl (C=O) groups excluding carboxylic acids is 2. The standard InChI is InChI=1S/C23H24N4O4/c1-2-25-22(29)14-31-13-17-6-4-7-18-16(5-3-8-19(17)18)12-26-27-23(30)15-9-10-21(28)20(24)11-15/h3-12,28H,2,13-14,24H2,1H3,(H,25,29)(H,27,30)/b26-12+. The van der Waals surface area contributed by atoms with Crippen molar-refractivity contribution in [3.63, 3.8) is 0 Å². The van der Waals surface area contributed by atoms with Gasteiger partial charge in [0.1, 0.15) is 12.4 Å². The normalized spacial score (nSPS) is 11.0. The molecule has 0 saturated heterocycles. The molecule has 31 heavy (non-hydrogen) atoms. The van der Waals surface area contributed by atoms with Crippen LogP contribution in [0.1, 0.15) is 28.4 Å². The monoisotopic (exact) mass is 420 g/mol. The number of nitrogens with one attached hydrogen (secondary N) is 2. The van der Waals surface area contributed by atoms with Gasteiger partial charge >= 0.3 is 0 Å². The molecule has 0 aliphatic rings. The first kappa shape index (κ1) is 21.8. The maximum atomic E-state index is 12.2. The Morgan fingerprint density at radius 3 is 2.68 bits per heavy atom. The minimum Gasteiger partial charge on any atom is -0.506 e. The Hall–Kier alpha value is -3.91. The van der Waals surface area contributed by atoms with Crippen molar-refractivity contribution in [2.45, 2.75) is 13.5 Å². The maximum Gasteiger partial charge on any atom is 0.271 e. The topological polar surface area (TPSA) is 126 Å². The van der Waals surface area contributed by atoms with E-state index in [1.807, 2.05) is 43.3 Å². The first-order valence-electron chi connectivity index (χ1n) is 9.76. The van der Waals surface area contributed by atoms with E-state index in [-0.39, 0.29) is 29.5 Å². The van der Waals surface area contributed by atoms with Gasteiger partial charge in [-0.15, -0.1) is 0 Å². The number of fused-ring (bicyclic) bond motifs is 1. The summed E-state index contributed by atoms with van der Waals surface area (Å²) < 4.78 is 5.53. The van der Waals surface area contributed by atoms with Gasteiger partial charge in [-0.3, -0.25) is 9.59 Å². The largest absolute Gasteiger partial charge is 0.506 e. The number of rotatable bonds is 8. The molecule has 0 aliphatic heterocycles. The number of carbonyl (C=O) groups is 2. The first-order valence-corrected chi connectivity index (χ1v) is 9.76. The number of hydrogen-bond acceptors (Lipinski definition) is 6. The van der Waals surface area contributed by atoms with E-state index in [0.29, 0.717) is 13.2 Å². The lowest BCUT2D eigenvalue weighted by Crippen LogP contribution is -2.27. The van der Waals surface area contributed by atoms with E-state index < -0.39 is 5.91 Å². The highest BCUT2D eigenvalue weighted by molar-refractivity contribution is 6.02. The zero-order valence-electron chi connectivity index (χ0n) is 17.1. The van der Waals surface area contributed by atoms with Crippen molar-refractivity contribution in [1.29, 1.82) is 0 Å². The third-order valence-corrected chi connectivity index (χ3v) is 4.57. The van der Waals surface area contributed by atoms with E-state index in [4.69, 9.17) is 10.5 Å². The number of phenols is 1. The second-order valence-corrected chi connectivity index (χ2v) is 6.78. The Balaban J connectivity index is 1.71. The molecule has 8 heteroatoms. The SMILES string of the molecule is CCNC(=O)COCc1cccc2c(/C=N/NC(=O)c3ccc(O)c(N)c3)cccc12. The number of ether oxygens (including phenoxy) is 1. The highest BCUT2D eigenvalue weighted by Crippen LogP contribution is 2.23. The van der Waals surface area contributed by atoms with Gasteiger partial charge in [-0.25, -0.2) is 5.43 Å². The zero-order valence-corrected chi connectivity index (χ0v) is 17.1. The van der Waals surface area contributed by atoms with Crippen molar-refractivity contribution < 1.29 is 19.4 Å². The molecular weight excluding hydrogens is 396 g/mol. The Kier molecular flexibility index (Phi) is 7.18. The van der Waals surface area contributed by atoms with Gasteiger partial charge in [0, 0.05) is 17.7 Å². The summed E-state index contributed by atoms with van der Waals surface area (Å²) in [5.74, 6) is -0.675. The Morgan fingerprint density at radius 2 is 1.90 bits per heavy atom. The van der Waals surface area contributed by atoms with Crippen molar-refractivity contribution in [1.82, 2.24) is 10.7 Å². The van der Waals surface area contributed by atoms with E-state index in [0.717, 1.165) is 21.9 Å². The summed E-state index contributed by atoms with van der Waals surface area (Å²) in [6.07, 6.45) is 1.56. The van der Waals surface area contributed by atoms with Crippen molar-refractivity contribution in [3.8, 4) is 5.75 Å². The van der Waals surface area contributed by atoms with Gasteiger partial charge < -0.3 is 20.9 Å². The molecule has 0 saturated carbocycles. The molecule has 0 unspecified atom stereocenters. The fourth-order valence-electron chi connectivity index (χ4n) is 3.06. The second-order valence-electron chi connectivity index (χ2n) is 6.78. The van der Waals surface area contributed by atoms with Gasteiger partial charge in [-0.1, -0.05) is 36.4 Å². The highest BCUT2D eigenvalue weighted by Gasteiger charge is 2.08. The lowest BCUT2D eigenvalue weighted by Gasteiger charge is -2.09. The molecule has 0 heterocycles. The molecule has 8 nitrogen and oxygen atoms in total. The molecular formula is C23H24N4O4. The van der Waals surface area contributed by atoms with Crippen LogP contribution in [-0.4, -0.2) is 36.3 Å². The minimum absolute atomic E-state index is 0.000810. The lowest BCUT2D eigenvalue weighted by molar-refractivity contribution is -0.125. The molecule has 3 aromatic carbocycles. The quantitative estimate of drug-likeness (QED) is 0.193. The van der Waals surface area contributed by atoms with Crippen LogP contribution in [0.15, 0.2) is 59.7 Å². The van der Waals surface area contributed by atoms with Crippen LogP contribution in [0.5, 0.6) is 5.75 Å². The number of nitrogens with two attached hydrogens (primary N) is 1. The summed E-state index contributed by atoms with van der Waals surface area (Å²) in [4.78, 5) is 23.8. The number of amides is 2. The Morgan fingerprint density at radius 1 is 1.13 bits per heavy atom. The molecule has 5 N–H and O–H groups in total. The van der Waals surface area contributed by atoms with Crippen LogP contribution >= 0.6 is 0 Å². The lowest BCUT2D eigenvalue weighted by atomic mass is 10.0. The molecule has 0 radical (unpaired) electrons. The molecule has 3 aromatic rings. The second kappa shape index (κ2) is 10.2. The van der Waals surface area contributed by atoms with E-state index in [2.05, 4.69) is 15.8 Å². The molecule has 0 fully saturated rings. The molecule has 2 amide bonds. The number of hydrogen-bond donors (Lipinski definition) is 4. The number of phenolic OH excluding ortho intramolecular Hbond substituents is 1. The molecule has 0 bridgehead atoms. The van der Waals surface area contributed by atoms with Crippen molar-refractivity contribution >= 4 is 34.5 Å². The summed E-state index contributed by atoms with van der Waals surface area (Å²) in [6, 6.07) is 15.7. The fraction of sp³-hybridized carbons (Fsp3) is 0.174. The average Bonchev–Trinajstić information content (AvgIpc) is 2.76. The zero-order chi connectivity index (χ0) is 22.2. The molecule has 160 valence electrons. The number of nitrogen functional groups attached to an aromatic ring is 1. The third-order valence-electron chi connectivity index (χ3n) is 4.57. The van der Waals surface area contributed by atoms with Crippen molar-refractivity contribution in [2.24, 2.45) is 5.10 Å². The summed E-state index contributed by atoms with van der Waals surface area (Å²) in [5.41, 5.74) is 10.2. The summed E-state index contributed by atoms with van der Waals surface area (Å²) in [6.45, 7) is 2.72. The first-order chi connectivity index (χ1) is 15.0. The molecule has 0 aromatic heterocycles. The van der Waals surface area contributed by atoms with Crippen LogP contribution in [0.25, 0.3) is 10.8 Å². The predicted molar refractivity (Wildman–Crippen MR) is 120 cm³/mol. The van der Waals surface area contributed by atoms with Gasteiger partial charge in [0.05, 0.1) is 18.5 Å².